The molecule has 1 atom stereocenters. The van der Waals surface area contributed by atoms with Crippen LogP contribution in [-0.4, -0.2) is 50.7 Å². The van der Waals surface area contributed by atoms with E-state index in [9.17, 15) is 13.2 Å². The van der Waals surface area contributed by atoms with Gasteiger partial charge in [-0.05, 0) is 19.8 Å². The van der Waals surface area contributed by atoms with Crippen molar-refractivity contribution >= 4 is 15.9 Å². The lowest BCUT2D eigenvalue weighted by atomic mass is 10.1. The Labute approximate surface area is 96.2 Å². The maximum Gasteiger partial charge on any atom is 0.239 e. The molecule has 0 saturated carbocycles. The third-order valence-corrected chi connectivity index (χ3v) is 3.34. The summed E-state index contributed by atoms with van der Waals surface area (Å²) in [5.74, 6) is -0.0715. The molecule has 0 aliphatic carbocycles. The predicted octanol–water partition coefficient (Wildman–Crippen LogP) is -1.13. The van der Waals surface area contributed by atoms with E-state index in [2.05, 4.69) is 4.72 Å². The molecule has 1 saturated heterocycles. The standard InChI is InChI=1S/C9H19N3O3S/c1-7(10)9(13)12-5-3-8(4-6-12)11-16(2,14)15/h7-8,11H,3-6,10H2,1-2H3/t7-/m1/s1. The van der Waals surface area contributed by atoms with E-state index in [4.69, 9.17) is 5.73 Å². The van der Waals surface area contributed by atoms with Crippen molar-refractivity contribution in [2.45, 2.75) is 31.8 Å². The second-order valence-corrected chi connectivity index (χ2v) is 6.06. The summed E-state index contributed by atoms with van der Waals surface area (Å²) in [7, 11) is -3.16. The minimum absolute atomic E-state index is 0.0628. The predicted molar refractivity (Wildman–Crippen MR) is 61.2 cm³/mol. The lowest BCUT2D eigenvalue weighted by Crippen LogP contribution is -2.50. The third kappa shape index (κ3) is 4.07. The highest BCUT2D eigenvalue weighted by Crippen LogP contribution is 2.11. The minimum Gasteiger partial charge on any atom is -0.341 e. The molecule has 0 spiro atoms. The van der Waals surface area contributed by atoms with Crippen LogP contribution in [0.3, 0.4) is 0 Å². The molecule has 7 heteroatoms. The maximum atomic E-state index is 11.6. The Morgan fingerprint density at radius 2 is 1.94 bits per heavy atom. The zero-order valence-corrected chi connectivity index (χ0v) is 10.5. The van der Waals surface area contributed by atoms with Gasteiger partial charge in [-0.1, -0.05) is 0 Å². The number of hydrogen-bond acceptors (Lipinski definition) is 4. The van der Waals surface area contributed by atoms with Crippen LogP contribution < -0.4 is 10.5 Å². The summed E-state index contributed by atoms with van der Waals surface area (Å²) in [5.41, 5.74) is 5.50. The summed E-state index contributed by atoms with van der Waals surface area (Å²) in [5, 5.41) is 0. The minimum atomic E-state index is -3.16. The monoisotopic (exact) mass is 249 g/mol. The Balaban J connectivity index is 2.43. The van der Waals surface area contributed by atoms with Gasteiger partial charge in [0.2, 0.25) is 15.9 Å². The number of amides is 1. The van der Waals surface area contributed by atoms with Gasteiger partial charge in [-0.25, -0.2) is 13.1 Å². The topological polar surface area (TPSA) is 92.5 Å². The van der Waals surface area contributed by atoms with E-state index in [1.807, 2.05) is 0 Å². The van der Waals surface area contributed by atoms with Gasteiger partial charge in [-0.15, -0.1) is 0 Å². The Kier molecular flexibility index (Phi) is 4.28. The molecule has 1 aliphatic rings. The van der Waals surface area contributed by atoms with Crippen molar-refractivity contribution < 1.29 is 13.2 Å². The second-order valence-electron chi connectivity index (χ2n) is 4.28. The summed E-state index contributed by atoms with van der Waals surface area (Å²) in [4.78, 5) is 13.2. The van der Waals surface area contributed by atoms with Crippen molar-refractivity contribution in [3.05, 3.63) is 0 Å². The first-order valence-corrected chi connectivity index (χ1v) is 7.20. The molecule has 0 aromatic heterocycles. The van der Waals surface area contributed by atoms with Crippen LogP contribution in [0.5, 0.6) is 0 Å². The van der Waals surface area contributed by atoms with E-state index in [0.717, 1.165) is 6.26 Å². The van der Waals surface area contributed by atoms with Gasteiger partial charge in [0.15, 0.2) is 0 Å². The molecule has 1 fully saturated rings. The summed E-state index contributed by atoms with van der Waals surface area (Å²) < 4.78 is 24.6. The quantitative estimate of drug-likeness (QED) is 0.662. The number of hydrogen-bond donors (Lipinski definition) is 2. The third-order valence-electron chi connectivity index (χ3n) is 2.58. The fraction of sp³-hybridized carbons (Fsp3) is 0.889. The van der Waals surface area contributed by atoms with Gasteiger partial charge in [0.25, 0.3) is 0 Å². The largest absolute Gasteiger partial charge is 0.341 e. The number of nitrogens with one attached hydrogen (secondary N) is 1. The Morgan fingerprint density at radius 3 is 2.31 bits per heavy atom. The van der Waals surface area contributed by atoms with E-state index >= 15 is 0 Å². The normalized spacial score (nSPS) is 20.8. The first-order chi connectivity index (χ1) is 7.29. The van der Waals surface area contributed by atoms with Gasteiger partial charge in [-0.2, -0.15) is 0 Å². The van der Waals surface area contributed by atoms with Crippen LogP contribution in [0, 0.1) is 0 Å². The number of nitrogens with zero attached hydrogens (tertiary/aromatic N) is 1. The number of rotatable bonds is 3. The average molecular weight is 249 g/mol. The van der Waals surface area contributed by atoms with Crippen LogP contribution in [-0.2, 0) is 14.8 Å². The Hall–Kier alpha value is -0.660. The number of carbonyl (C=O) groups excluding carboxylic acids is 1. The van der Waals surface area contributed by atoms with Gasteiger partial charge >= 0.3 is 0 Å². The highest BCUT2D eigenvalue weighted by Gasteiger charge is 2.25. The van der Waals surface area contributed by atoms with Crippen molar-refractivity contribution in [2.75, 3.05) is 19.3 Å². The molecular formula is C9H19N3O3S. The highest BCUT2D eigenvalue weighted by molar-refractivity contribution is 7.88. The molecule has 0 unspecified atom stereocenters. The van der Waals surface area contributed by atoms with E-state index in [1.165, 1.54) is 0 Å². The van der Waals surface area contributed by atoms with E-state index < -0.39 is 16.1 Å². The van der Waals surface area contributed by atoms with Crippen LogP contribution in [0.25, 0.3) is 0 Å². The van der Waals surface area contributed by atoms with Crippen LogP contribution in [0.2, 0.25) is 0 Å². The lowest BCUT2D eigenvalue weighted by Gasteiger charge is -2.32. The molecule has 1 amide bonds. The molecule has 1 heterocycles. The molecule has 94 valence electrons. The summed E-state index contributed by atoms with van der Waals surface area (Å²) in [6.07, 6.45) is 2.43. The molecule has 1 rings (SSSR count). The molecule has 16 heavy (non-hydrogen) atoms. The number of sulfonamides is 1. The molecule has 0 aromatic carbocycles. The van der Waals surface area contributed by atoms with Crippen LogP contribution in [0.15, 0.2) is 0 Å². The van der Waals surface area contributed by atoms with Crippen molar-refractivity contribution in [3.63, 3.8) is 0 Å². The van der Waals surface area contributed by atoms with Gasteiger partial charge in [0.05, 0.1) is 12.3 Å². The fourth-order valence-corrected chi connectivity index (χ4v) is 2.65. The maximum absolute atomic E-state index is 11.6. The van der Waals surface area contributed by atoms with Crippen molar-refractivity contribution in [2.24, 2.45) is 5.73 Å². The van der Waals surface area contributed by atoms with Crippen molar-refractivity contribution in [3.8, 4) is 0 Å². The van der Waals surface area contributed by atoms with Gasteiger partial charge in [0, 0.05) is 19.1 Å². The number of nitrogens with two attached hydrogens (primary N) is 1. The number of carbonyl (C=O) groups is 1. The van der Waals surface area contributed by atoms with Gasteiger partial charge in [0.1, 0.15) is 0 Å². The summed E-state index contributed by atoms with van der Waals surface area (Å²) in [6.45, 7) is 2.78. The van der Waals surface area contributed by atoms with Crippen LogP contribution >= 0.6 is 0 Å². The fourth-order valence-electron chi connectivity index (χ4n) is 1.81. The van der Waals surface area contributed by atoms with Crippen LogP contribution in [0.1, 0.15) is 19.8 Å². The first-order valence-electron chi connectivity index (χ1n) is 5.31. The molecule has 0 radical (unpaired) electrons. The molecular weight excluding hydrogens is 230 g/mol. The van der Waals surface area contributed by atoms with E-state index in [-0.39, 0.29) is 11.9 Å². The molecule has 1 aliphatic heterocycles. The highest BCUT2D eigenvalue weighted by atomic mass is 32.2. The smallest absolute Gasteiger partial charge is 0.239 e. The molecule has 0 bridgehead atoms. The van der Waals surface area contributed by atoms with Crippen molar-refractivity contribution in [1.29, 1.82) is 0 Å². The Morgan fingerprint density at radius 1 is 1.44 bits per heavy atom. The zero-order chi connectivity index (χ0) is 12.3. The first kappa shape index (κ1) is 13.4. The van der Waals surface area contributed by atoms with Crippen molar-refractivity contribution in [1.82, 2.24) is 9.62 Å². The van der Waals surface area contributed by atoms with E-state index in [1.54, 1.807) is 11.8 Å². The Bertz CT molecular complexity index is 345. The van der Waals surface area contributed by atoms with Crippen LogP contribution in [0.4, 0.5) is 0 Å². The summed E-state index contributed by atoms with van der Waals surface area (Å²) >= 11 is 0. The van der Waals surface area contributed by atoms with Gasteiger partial charge < -0.3 is 10.6 Å². The molecule has 6 nitrogen and oxygen atoms in total. The summed E-state index contributed by atoms with van der Waals surface area (Å²) in [6, 6.07) is -0.549. The lowest BCUT2D eigenvalue weighted by molar-refractivity contribution is -0.133. The average Bonchev–Trinajstić information content (AvgIpc) is 2.15. The molecule has 0 aromatic rings. The van der Waals surface area contributed by atoms with Gasteiger partial charge in [-0.3, -0.25) is 4.79 Å². The zero-order valence-electron chi connectivity index (χ0n) is 9.64. The number of likely N-dealkylation sites (tertiary alicyclic amines) is 1. The van der Waals surface area contributed by atoms with E-state index in [0.29, 0.717) is 25.9 Å². The molecule has 3 N–H and O–H groups in total. The second kappa shape index (κ2) is 5.11. The SMILES string of the molecule is C[C@@H](N)C(=O)N1CCC(NS(C)(=O)=O)CC1. The number of piperidine rings is 1.